The smallest absolute Gasteiger partial charge is 0.303 e. The van der Waals surface area contributed by atoms with Crippen LogP contribution in [0.5, 0.6) is 5.75 Å². The van der Waals surface area contributed by atoms with E-state index in [0.29, 0.717) is 18.8 Å². The van der Waals surface area contributed by atoms with Crippen LogP contribution < -0.4 is 10.5 Å². The molecule has 5 heteroatoms. The highest BCUT2D eigenvalue weighted by Crippen LogP contribution is 2.30. The Balaban J connectivity index is 1.56. The molecule has 5 nitrogen and oxygen atoms in total. The summed E-state index contributed by atoms with van der Waals surface area (Å²) in [5.74, 6) is 0.918. The van der Waals surface area contributed by atoms with Crippen molar-refractivity contribution < 1.29 is 14.6 Å². The third kappa shape index (κ3) is 4.25. The Morgan fingerprint density at radius 2 is 2.17 bits per heavy atom. The SMILES string of the molecule is Nc1cccc(CCOc2ccc3c(c2)CCC(CC(=O)O)C3)n1. The van der Waals surface area contributed by atoms with Crippen molar-refractivity contribution in [3.63, 3.8) is 0 Å². The molecule has 1 aromatic heterocycles. The van der Waals surface area contributed by atoms with Gasteiger partial charge in [-0.05, 0) is 60.6 Å². The van der Waals surface area contributed by atoms with E-state index in [1.54, 1.807) is 6.07 Å². The number of nitrogen functional groups attached to an aromatic ring is 1. The molecule has 0 amide bonds. The van der Waals surface area contributed by atoms with Crippen LogP contribution in [0.25, 0.3) is 0 Å². The summed E-state index contributed by atoms with van der Waals surface area (Å²) in [6.45, 7) is 0.552. The van der Waals surface area contributed by atoms with E-state index in [0.717, 1.165) is 30.7 Å². The van der Waals surface area contributed by atoms with E-state index in [-0.39, 0.29) is 12.3 Å². The zero-order chi connectivity index (χ0) is 16.9. The highest BCUT2D eigenvalue weighted by atomic mass is 16.5. The van der Waals surface area contributed by atoms with Gasteiger partial charge in [0.25, 0.3) is 0 Å². The van der Waals surface area contributed by atoms with E-state index in [2.05, 4.69) is 17.1 Å². The molecule has 126 valence electrons. The zero-order valence-electron chi connectivity index (χ0n) is 13.6. The summed E-state index contributed by atoms with van der Waals surface area (Å²) in [4.78, 5) is 15.1. The molecule has 3 N–H and O–H groups in total. The average molecular weight is 326 g/mol. The summed E-state index contributed by atoms with van der Waals surface area (Å²) in [5, 5.41) is 8.93. The monoisotopic (exact) mass is 326 g/mol. The van der Waals surface area contributed by atoms with Crippen LogP contribution in [0.4, 0.5) is 5.82 Å². The Bertz CT molecular complexity index is 730. The lowest BCUT2D eigenvalue weighted by molar-refractivity contribution is -0.138. The number of aryl methyl sites for hydroxylation is 1. The normalized spacial score (nSPS) is 16.4. The van der Waals surface area contributed by atoms with Gasteiger partial charge in [0.15, 0.2) is 0 Å². The third-order valence-corrected chi connectivity index (χ3v) is 4.43. The van der Waals surface area contributed by atoms with Gasteiger partial charge in [-0.25, -0.2) is 4.98 Å². The zero-order valence-corrected chi connectivity index (χ0v) is 13.6. The van der Waals surface area contributed by atoms with Gasteiger partial charge in [-0.1, -0.05) is 12.1 Å². The summed E-state index contributed by atoms with van der Waals surface area (Å²) < 4.78 is 5.83. The van der Waals surface area contributed by atoms with Crippen molar-refractivity contribution in [3.8, 4) is 5.75 Å². The molecule has 2 aromatic rings. The number of nitrogens with two attached hydrogens (primary N) is 1. The number of benzene rings is 1. The van der Waals surface area contributed by atoms with Crippen LogP contribution in [-0.4, -0.2) is 22.7 Å². The van der Waals surface area contributed by atoms with E-state index >= 15 is 0 Å². The van der Waals surface area contributed by atoms with Crippen molar-refractivity contribution >= 4 is 11.8 Å². The number of nitrogens with zero attached hydrogens (tertiary/aromatic N) is 1. The molecule has 24 heavy (non-hydrogen) atoms. The predicted molar refractivity (Wildman–Crippen MR) is 92.1 cm³/mol. The van der Waals surface area contributed by atoms with Crippen LogP contribution in [0.3, 0.4) is 0 Å². The summed E-state index contributed by atoms with van der Waals surface area (Å²) in [5.41, 5.74) is 9.11. The first-order valence-electron chi connectivity index (χ1n) is 8.28. The number of hydrogen-bond acceptors (Lipinski definition) is 4. The molecule has 0 fully saturated rings. The van der Waals surface area contributed by atoms with E-state index in [1.807, 2.05) is 18.2 Å². The number of anilines is 1. The van der Waals surface area contributed by atoms with Gasteiger partial charge in [0, 0.05) is 18.5 Å². The lowest BCUT2D eigenvalue weighted by Gasteiger charge is -2.23. The summed E-state index contributed by atoms with van der Waals surface area (Å²) in [6, 6.07) is 11.7. The first kappa shape index (κ1) is 16.3. The molecule has 1 aromatic carbocycles. The van der Waals surface area contributed by atoms with Gasteiger partial charge in [0.05, 0.1) is 6.61 Å². The largest absolute Gasteiger partial charge is 0.493 e. The number of pyridine rings is 1. The fraction of sp³-hybridized carbons (Fsp3) is 0.368. The molecular formula is C19H22N2O3. The van der Waals surface area contributed by atoms with Gasteiger partial charge in [0.1, 0.15) is 11.6 Å². The van der Waals surface area contributed by atoms with Crippen molar-refractivity contribution in [3.05, 3.63) is 53.2 Å². The third-order valence-electron chi connectivity index (χ3n) is 4.43. The number of carboxylic acids is 1. The number of carbonyl (C=O) groups is 1. The fourth-order valence-electron chi connectivity index (χ4n) is 3.23. The average Bonchev–Trinajstić information content (AvgIpc) is 2.54. The molecule has 1 aliphatic rings. The predicted octanol–water partition coefficient (Wildman–Crippen LogP) is 2.86. The van der Waals surface area contributed by atoms with E-state index in [9.17, 15) is 4.79 Å². The number of aromatic nitrogens is 1. The van der Waals surface area contributed by atoms with Crippen molar-refractivity contribution in [1.29, 1.82) is 0 Å². The highest BCUT2D eigenvalue weighted by Gasteiger charge is 2.21. The van der Waals surface area contributed by atoms with Crippen molar-refractivity contribution in [2.45, 2.75) is 32.1 Å². The molecule has 1 atom stereocenters. The maximum Gasteiger partial charge on any atom is 0.303 e. The number of hydrogen-bond donors (Lipinski definition) is 2. The lowest BCUT2D eigenvalue weighted by atomic mass is 9.82. The summed E-state index contributed by atoms with van der Waals surface area (Å²) in [7, 11) is 0. The van der Waals surface area contributed by atoms with E-state index in [4.69, 9.17) is 15.6 Å². The molecule has 1 unspecified atom stereocenters. The fourth-order valence-corrected chi connectivity index (χ4v) is 3.23. The molecule has 0 radical (unpaired) electrons. The van der Waals surface area contributed by atoms with Crippen LogP contribution in [0.1, 0.15) is 29.7 Å². The molecular weight excluding hydrogens is 304 g/mol. The molecule has 0 bridgehead atoms. The topological polar surface area (TPSA) is 85.4 Å². The highest BCUT2D eigenvalue weighted by molar-refractivity contribution is 5.67. The molecule has 0 saturated heterocycles. The van der Waals surface area contributed by atoms with Crippen LogP contribution in [0.2, 0.25) is 0 Å². The minimum Gasteiger partial charge on any atom is -0.493 e. The molecule has 3 rings (SSSR count). The van der Waals surface area contributed by atoms with Crippen molar-refractivity contribution in [2.75, 3.05) is 12.3 Å². The second-order valence-electron chi connectivity index (χ2n) is 6.29. The minimum atomic E-state index is -0.710. The second kappa shape index (κ2) is 7.34. The molecule has 1 heterocycles. The number of fused-ring (bicyclic) bond motifs is 1. The summed E-state index contributed by atoms with van der Waals surface area (Å²) in [6.07, 6.45) is 3.65. The van der Waals surface area contributed by atoms with Gasteiger partial charge in [-0.3, -0.25) is 4.79 Å². The van der Waals surface area contributed by atoms with Gasteiger partial charge < -0.3 is 15.6 Å². The lowest BCUT2D eigenvalue weighted by Crippen LogP contribution is -2.17. The number of aliphatic carboxylic acids is 1. The van der Waals surface area contributed by atoms with Gasteiger partial charge >= 0.3 is 5.97 Å². The molecule has 1 aliphatic carbocycles. The van der Waals surface area contributed by atoms with Crippen LogP contribution >= 0.6 is 0 Å². The molecule has 0 aliphatic heterocycles. The summed E-state index contributed by atoms with van der Waals surface area (Å²) >= 11 is 0. The van der Waals surface area contributed by atoms with Gasteiger partial charge in [-0.15, -0.1) is 0 Å². The van der Waals surface area contributed by atoms with Crippen LogP contribution in [-0.2, 0) is 24.1 Å². The molecule has 0 saturated carbocycles. The maximum atomic E-state index is 10.9. The Morgan fingerprint density at radius 1 is 1.29 bits per heavy atom. The number of rotatable bonds is 6. The Labute approximate surface area is 141 Å². The van der Waals surface area contributed by atoms with Crippen molar-refractivity contribution in [2.24, 2.45) is 5.92 Å². The first-order valence-corrected chi connectivity index (χ1v) is 8.28. The van der Waals surface area contributed by atoms with Crippen molar-refractivity contribution in [1.82, 2.24) is 4.98 Å². The standard InChI is InChI=1S/C19H22N2O3/c20-18-3-1-2-16(21-18)8-9-24-17-7-6-14-10-13(11-19(22)23)4-5-15(14)12-17/h1-3,6-7,12-13H,4-5,8-11H2,(H2,20,21)(H,22,23). The van der Waals surface area contributed by atoms with E-state index < -0.39 is 5.97 Å². The Morgan fingerprint density at radius 3 is 2.96 bits per heavy atom. The van der Waals surface area contributed by atoms with E-state index in [1.165, 1.54) is 11.1 Å². The quantitative estimate of drug-likeness (QED) is 0.852. The Hall–Kier alpha value is -2.56. The minimum absolute atomic E-state index is 0.247. The number of carboxylic acid groups (broad SMARTS) is 1. The van der Waals surface area contributed by atoms with Crippen LogP contribution in [0.15, 0.2) is 36.4 Å². The Kier molecular flexibility index (Phi) is 4.99. The van der Waals surface area contributed by atoms with Crippen LogP contribution in [0, 0.1) is 5.92 Å². The molecule has 0 spiro atoms. The first-order chi connectivity index (χ1) is 11.6. The van der Waals surface area contributed by atoms with Gasteiger partial charge in [0.2, 0.25) is 0 Å². The van der Waals surface area contributed by atoms with Gasteiger partial charge in [-0.2, -0.15) is 0 Å². The second-order valence-corrected chi connectivity index (χ2v) is 6.29. The number of ether oxygens (including phenoxy) is 1. The maximum absolute atomic E-state index is 10.9.